The number of carbonyl (C=O) groups is 1. The van der Waals surface area contributed by atoms with Gasteiger partial charge in [-0.3, -0.25) is 4.79 Å². The first-order valence-corrected chi connectivity index (χ1v) is 7.36. The molecule has 1 saturated carbocycles. The zero-order valence-electron chi connectivity index (χ0n) is 12.0. The average molecular weight is 311 g/mol. The minimum absolute atomic E-state index is 0. The van der Waals surface area contributed by atoms with Crippen LogP contribution >= 0.6 is 12.4 Å². The maximum atomic E-state index is 12.5. The van der Waals surface area contributed by atoms with Crippen molar-refractivity contribution in [2.75, 3.05) is 19.6 Å². The maximum absolute atomic E-state index is 12.5. The summed E-state index contributed by atoms with van der Waals surface area (Å²) in [6, 6.07) is 0.0849. The Morgan fingerprint density at radius 3 is 2.35 bits per heavy atom. The standard InChI is InChI=1S/C14H24F2N2O.ClH/c1-10(11-4-6-17-7-5-11)8-14(19)18(9-13(15)16)12-2-3-12;/h10-13,17H,2-9H2,1H3;1H. The maximum Gasteiger partial charge on any atom is 0.255 e. The Balaban J connectivity index is 0.00000200. The van der Waals surface area contributed by atoms with Crippen molar-refractivity contribution in [1.82, 2.24) is 10.2 Å². The Morgan fingerprint density at radius 2 is 1.85 bits per heavy atom. The van der Waals surface area contributed by atoms with Crippen LogP contribution in [0.4, 0.5) is 8.78 Å². The number of amides is 1. The van der Waals surface area contributed by atoms with E-state index in [-0.39, 0.29) is 30.9 Å². The van der Waals surface area contributed by atoms with Gasteiger partial charge in [-0.2, -0.15) is 0 Å². The molecule has 1 N–H and O–H groups in total. The van der Waals surface area contributed by atoms with E-state index in [1.165, 1.54) is 4.90 Å². The Kier molecular flexibility index (Phi) is 7.17. The van der Waals surface area contributed by atoms with Crippen molar-refractivity contribution in [1.29, 1.82) is 0 Å². The van der Waals surface area contributed by atoms with Crippen LogP contribution in [0, 0.1) is 11.8 Å². The minimum Gasteiger partial charge on any atom is -0.334 e. The number of alkyl halides is 2. The lowest BCUT2D eigenvalue weighted by Crippen LogP contribution is -2.39. The van der Waals surface area contributed by atoms with Crippen molar-refractivity contribution in [3.05, 3.63) is 0 Å². The second-order valence-corrected chi connectivity index (χ2v) is 5.94. The summed E-state index contributed by atoms with van der Waals surface area (Å²) in [4.78, 5) is 13.6. The van der Waals surface area contributed by atoms with E-state index >= 15 is 0 Å². The summed E-state index contributed by atoms with van der Waals surface area (Å²) in [6.45, 7) is 3.71. The molecule has 6 heteroatoms. The van der Waals surface area contributed by atoms with Gasteiger partial charge in [-0.05, 0) is 50.6 Å². The first kappa shape index (κ1) is 17.6. The molecule has 1 saturated heterocycles. The molecule has 1 amide bonds. The molecule has 20 heavy (non-hydrogen) atoms. The lowest BCUT2D eigenvalue weighted by atomic mass is 9.84. The summed E-state index contributed by atoms with van der Waals surface area (Å²) >= 11 is 0. The summed E-state index contributed by atoms with van der Waals surface area (Å²) in [5.41, 5.74) is 0. The molecule has 1 atom stereocenters. The molecule has 2 rings (SSSR count). The van der Waals surface area contributed by atoms with Gasteiger partial charge in [-0.15, -0.1) is 12.4 Å². The van der Waals surface area contributed by atoms with Crippen molar-refractivity contribution in [2.45, 2.75) is 51.5 Å². The number of piperidine rings is 1. The van der Waals surface area contributed by atoms with Crippen LogP contribution < -0.4 is 5.32 Å². The molecular weight excluding hydrogens is 286 g/mol. The molecule has 3 nitrogen and oxygen atoms in total. The van der Waals surface area contributed by atoms with E-state index in [1.807, 2.05) is 0 Å². The molecule has 118 valence electrons. The zero-order valence-corrected chi connectivity index (χ0v) is 12.8. The van der Waals surface area contributed by atoms with Gasteiger partial charge in [0.1, 0.15) is 0 Å². The normalized spacial score (nSPS) is 21.4. The van der Waals surface area contributed by atoms with Gasteiger partial charge in [0.2, 0.25) is 5.91 Å². The minimum atomic E-state index is -2.42. The van der Waals surface area contributed by atoms with E-state index in [4.69, 9.17) is 0 Å². The van der Waals surface area contributed by atoms with Crippen LogP contribution in [0.1, 0.15) is 39.0 Å². The van der Waals surface area contributed by atoms with Crippen LogP contribution in [-0.4, -0.2) is 42.9 Å². The van der Waals surface area contributed by atoms with E-state index in [9.17, 15) is 13.6 Å². The highest BCUT2D eigenvalue weighted by Gasteiger charge is 2.35. The molecule has 0 aromatic carbocycles. The number of hydrogen-bond acceptors (Lipinski definition) is 2. The van der Waals surface area contributed by atoms with Crippen LogP contribution in [0.25, 0.3) is 0 Å². The number of rotatable bonds is 6. The Morgan fingerprint density at radius 1 is 1.25 bits per heavy atom. The predicted octanol–water partition coefficient (Wildman–Crippen LogP) is 2.69. The molecule has 1 aliphatic heterocycles. The monoisotopic (exact) mass is 310 g/mol. The molecule has 2 fully saturated rings. The summed E-state index contributed by atoms with van der Waals surface area (Å²) in [6.07, 6.45) is 1.96. The number of nitrogens with one attached hydrogen (secondary N) is 1. The van der Waals surface area contributed by atoms with E-state index in [2.05, 4.69) is 12.2 Å². The van der Waals surface area contributed by atoms with Gasteiger partial charge in [0.05, 0.1) is 6.54 Å². The van der Waals surface area contributed by atoms with Gasteiger partial charge >= 0.3 is 0 Å². The second kappa shape index (κ2) is 8.13. The molecule has 1 heterocycles. The highest BCUT2D eigenvalue weighted by atomic mass is 35.5. The van der Waals surface area contributed by atoms with E-state index in [0.717, 1.165) is 38.8 Å². The zero-order chi connectivity index (χ0) is 13.8. The van der Waals surface area contributed by atoms with Crippen LogP contribution in [0.5, 0.6) is 0 Å². The molecule has 1 unspecified atom stereocenters. The fourth-order valence-electron chi connectivity index (χ4n) is 2.96. The molecule has 0 aromatic heterocycles. The molecule has 0 aromatic rings. The van der Waals surface area contributed by atoms with Crippen molar-refractivity contribution in [3.63, 3.8) is 0 Å². The summed E-state index contributed by atoms with van der Waals surface area (Å²) in [5, 5.41) is 3.31. The third-order valence-corrected chi connectivity index (χ3v) is 4.33. The van der Waals surface area contributed by atoms with E-state index < -0.39 is 6.43 Å². The van der Waals surface area contributed by atoms with Crippen LogP contribution in [0.2, 0.25) is 0 Å². The molecule has 2 aliphatic rings. The number of hydrogen-bond donors (Lipinski definition) is 1. The fourth-order valence-corrected chi connectivity index (χ4v) is 2.96. The topological polar surface area (TPSA) is 32.3 Å². The molecule has 1 aliphatic carbocycles. The lowest BCUT2D eigenvalue weighted by Gasteiger charge is -2.30. The van der Waals surface area contributed by atoms with Gasteiger partial charge in [-0.25, -0.2) is 8.78 Å². The number of halogens is 3. The first-order chi connectivity index (χ1) is 9.08. The van der Waals surface area contributed by atoms with Crippen LogP contribution in [0.3, 0.4) is 0 Å². The smallest absolute Gasteiger partial charge is 0.255 e. The highest BCUT2D eigenvalue weighted by molar-refractivity contribution is 5.85. The van der Waals surface area contributed by atoms with Gasteiger partial charge in [0, 0.05) is 12.5 Å². The quantitative estimate of drug-likeness (QED) is 0.818. The average Bonchev–Trinajstić information content (AvgIpc) is 3.21. The summed E-state index contributed by atoms with van der Waals surface area (Å²) < 4.78 is 25.0. The van der Waals surface area contributed by atoms with E-state index in [0.29, 0.717) is 18.3 Å². The third kappa shape index (κ3) is 5.17. The lowest BCUT2D eigenvalue weighted by molar-refractivity contribution is -0.135. The largest absolute Gasteiger partial charge is 0.334 e. The van der Waals surface area contributed by atoms with Gasteiger partial charge in [-0.1, -0.05) is 6.92 Å². The highest BCUT2D eigenvalue weighted by Crippen LogP contribution is 2.30. The first-order valence-electron chi connectivity index (χ1n) is 7.36. The fraction of sp³-hybridized carbons (Fsp3) is 0.929. The summed E-state index contributed by atoms with van der Waals surface area (Å²) in [7, 11) is 0. The van der Waals surface area contributed by atoms with Crippen LogP contribution in [0.15, 0.2) is 0 Å². The Hall–Kier alpha value is -0.420. The SMILES string of the molecule is CC(CC(=O)N(CC(F)F)C1CC1)C1CCNCC1.Cl. The summed E-state index contributed by atoms with van der Waals surface area (Å²) in [5.74, 6) is 0.778. The van der Waals surface area contributed by atoms with E-state index in [1.54, 1.807) is 0 Å². The molecule has 0 bridgehead atoms. The number of carbonyl (C=O) groups excluding carboxylic acids is 1. The second-order valence-electron chi connectivity index (χ2n) is 5.94. The van der Waals surface area contributed by atoms with Gasteiger partial charge < -0.3 is 10.2 Å². The predicted molar refractivity (Wildman–Crippen MR) is 77.4 cm³/mol. The van der Waals surface area contributed by atoms with Gasteiger partial charge in [0.25, 0.3) is 6.43 Å². The number of nitrogens with zero attached hydrogens (tertiary/aromatic N) is 1. The molecule has 0 spiro atoms. The molecular formula is C14H25ClF2N2O. The third-order valence-electron chi connectivity index (χ3n) is 4.33. The van der Waals surface area contributed by atoms with Crippen molar-refractivity contribution in [2.24, 2.45) is 11.8 Å². The van der Waals surface area contributed by atoms with Crippen molar-refractivity contribution >= 4 is 18.3 Å². The Bertz CT molecular complexity index is 308. The van der Waals surface area contributed by atoms with Crippen LogP contribution in [-0.2, 0) is 4.79 Å². The van der Waals surface area contributed by atoms with Gasteiger partial charge in [0.15, 0.2) is 0 Å². The van der Waals surface area contributed by atoms with Crippen molar-refractivity contribution < 1.29 is 13.6 Å². The van der Waals surface area contributed by atoms with Crippen molar-refractivity contribution in [3.8, 4) is 0 Å². The molecule has 0 radical (unpaired) electrons. The Labute approximate surface area is 125 Å².